The van der Waals surface area contributed by atoms with Crippen LogP contribution in [0, 0.1) is 5.82 Å². The molecule has 3 N–H and O–H groups in total. The second-order valence-corrected chi connectivity index (χ2v) is 5.68. The van der Waals surface area contributed by atoms with E-state index in [4.69, 9.17) is 10.5 Å². The lowest BCUT2D eigenvalue weighted by Crippen LogP contribution is -2.18. The molecule has 124 valence electrons. The fourth-order valence-corrected chi connectivity index (χ4v) is 2.86. The normalized spacial score (nSPS) is 18.0. The lowest BCUT2D eigenvalue weighted by molar-refractivity contribution is -0.0298. The average molecular weight is 328 g/mol. The van der Waals surface area contributed by atoms with E-state index in [-0.39, 0.29) is 18.0 Å². The Morgan fingerprint density at radius 1 is 1.25 bits per heavy atom. The SMILES string of the molecule is Nc1nc(Nc2ccccc2F)c2ncn(C3CCCCO3)c2n1. The van der Waals surface area contributed by atoms with Gasteiger partial charge < -0.3 is 15.8 Å². The molecule has 0 bridgehead atoms. The summed E-state index contributed by atoms with van der Waals surface area (Å²) >= 11 is 0. The Morgan fingerprint density at radius 3 is 2.92 bits per heavy atom. The number of imidazole rings is 1. The molecule has 0 aliphatic carbocycles. The van der Waals surface area contributed by atoms with Crippen LogP contribution >= 0.6 is 0 Å². The summed E-state index contributed by atoms with van der Waals surface area (Å²) in [6, 6.07) is 6.36. The Labute approximate surface area is 137 Å². The third kappa shape index (κ3) is 2.65. The minimum absolute atomic E-state index is 0.0962. The number of nitrogen functional groups attached to an aromatic ring is 1. The van der Waals surface area contributed by atoms with Crippen LogP contribution in [0.1, 0.15) is 25.5 Å². The largest absolute Gasteiger partial charge is 0.368 e. The van der Waals surface area contributed by atoms with E-state index in [0.29, 0.717) is 29.3 Å². The van der Waals surface area contributed by atoms with Crippen LogP contribution in [0.15, 0.2) is 30.6 Å². The van der Waals surface area contributed by atoms with Crippen LogP contribution in [0.4, 0.5) is 21.8 Å². The Hall–Kier alpha value is -2.74. The highest BCUT2D eigenvalue weighted by atomic mass is 19.1. The monoisotopic (exact) mass is 328 g/mol. The van der Waals surface area contributed by atoms with Gasteiger partial charge in [-0.15, -0.1) is 0 Å². The number of hydrogen-bond donors (Lipinski definition) is 2. The quantitative estimate of drug-likeness (QED) is 0.768. The van der Waals surface area contributed by atoms with Crippen molar-refractivity contribution in [1.29, 1.82) is 0 Å². The van der Waals surface area contributed by atoms with Gasteiger partial charge in [0.25, 0.3) is 0 Å². The van der Waals surface area contributed by atoms with Gasteiger partial charge in [-0.25, -0.2) is 9.37 Å². The number of nitrogens with two attached hydrogens (primary N) is 1. The molecule has 1 aliphatic rings. The predicted octanol–water partition coefficient (Wildman–Crippen LogP) is 2.99. The molecule has 1 aliphatic heterocycles. The smallest absolute Gasteiger partial charge is 0.224 e. The Kier molecular flexibility index (Phi) is 3.73. The first-order chi connectivity index (χ1) is 11.7. The molecule has 7 nitrogen and oxygen atoms in total. The fraction of sp³-hybridized carbons (Fsp3) is 0.312. The van der Waals surface area contributed by atoms with Crippen LogP contribution in [-0.2, 0) is 4.74 Å². The van der Waals surface area contributed by atoms with Gasteiger partial charge in [0.2, 0.25) is 5.95 Å². The van der Waals surface area contributed by atoms with Gasteiger partial charge in [-0.05, 0) is 31.4 Å². The molecule has 0 saturated carbocycles. The van der Waals surface area contributed by atoms with Gasteiger partial charge in [0.15, 0.2) is 17.0 Å². The first-order valence-corrected chi connectivity index (χ1v) is 7.85. The molecular formula is C16H17FN6O. The van der Waals surface area contributed by atoms with E-state index in [2.05, 4.69) is 20.3 Å². The number of anilines is 3. The highest BCUT2D eigenvalue weighted by Gasteiger charge is 2.21. The molecule has 3 heterocycles. The number of hydrogen-bond acceptors (Lipinski definition) is 6. The minimum atomic E-state index is -0.377. The van der Waals surface area contributed by atoms with Crippen molar-refractivity contribution in [2.45, 2.75) is 25.5 Å². The topological polar surface area (TPSA) is 90.9 Å². The number of nitrogens with zero attached hydrogens (tertiary/aromatic N) is 4. The van der Waals surface area contributed by atoms with Crippen LogP contribution in [0.5, 0.6) is 0 Å². The van der Waals surface area contributed by atoms with Gasteiger partial charge in [-0.1, -0.05) is 12.1 Å². The summed E-state index contributed by atoms with van der Waals surface area (Å²) in [7, 11) is 0. The maximum Gasteiger partial charge on any atom is 0.224 e. The Balaban J connectivity index is 1.76. The van der Waals surface area contributed by atoms with Gasteiger partial charge in [0, 0.05) is 6.61 Å². The summed E-state index contributed by atoms with van der Waals surface area (Å²) in [6.45, 7) is 0.714. The molecule has 2 aromatic heterocycles. The van der Waals surface area contributed by atoms with Crippen molar-refractivity contribution in [3.05, 3.63) is 36.4 Å². The fourth-order valence-electron chi connectivity index (χ4n) is 2.86. The van der Waals surface area contributed by atoms with Gasteiger partial charge in [0.05, 0.1) is 12.0 Å². The third-order valence-electron chi connectivity index (χ3n) is 4.03. The molecule has 0 spiro atoms. The van der Waals surface area contributed by atoms with E-state index < -0.39 is 0 Å². The summed E-state index contributed by atoms with van der Waals surface area (Å²) < 4.78 is 21.5. The van der Waals surface area contributed by atoms with E-state index in [1.165, 1.54) is 6.07 Å². The summed E-state index contributed by atoms with van der Waals surface area (Å²) in [4.78, 5) is 12.8. The second-order valence-electron chi connectivity index (χ2n) is 5.68. The zero-order valence-electron chi connectivity index (χ0n) is 12.9. The maximum absolute atomic E-state index is 13.9. The minimum Gasteiger partial charge on any atom is -0.368 e. The van der Waals surface area contributed by atoms with Crippen molar-refractivity contribution in [2.75, 3.05) is 17.7 Å². The van der Waals surface area contributed by atoms with Gasteiger partial charge in [-0.3, -0.25) is 4.57 Å². The molecule has 1 atom stereocenters. The van der Waals surface area contributed by atoms with Crippen molar-refractivity contribution in [1.82, 2.24) is 19.5 Å². The highest BCUT2D eigenvalue weighted by Crippen LogP contribution is 2.29. The number of rotatable bonds is 3. The van der Waals surface area contributed by atoms with E-state index in [1.54, 1.807) is 24.5 Å². The van der Waals surface area contributed by atoms with Crippen LogP contribution in [0.25, 0.3) is 11.2 Å². The summed E-state index contributed by atoms with van der Waals surface area (Å²) in [5.74, 6) is 0.0916. The number of nitrogens with one attached hydrogen (secondary N) is 1. The molecule has 3 aromatic rings. The van der Waals surface area contributed by atoms with E-state index in [9.17, 15) is 4.39 Å². The molecule has 1 aromatic carbocycles. The summed E-state index contributed by atoms with van der Waals surface area (Å²) in [5.41, 5.74) is 7.25. The van der Waals surface area contributed by atoms with E-state index in [0.717, 1.165) is 19.3 Å². The molecule has 1 saturated heterocycles. The van der Waals surface area contributed by atoms with Crippen molar-refractivity contribution in [3.8, 4) is 0 Å². The molecular weight excluding hydrogens is 311 g/mol. The number of halogens is 1. The maximum atomic E-state index is 13.9. The van der Waals surface area contributed by atoms with Crippen molar-refractivity contribution < 1.29 is 9.13 Å². The predicted molar refractivity (Wildman–Crippen MR) is 88.3 cm³/mol. The zero-order chi connectivity index (χ0) is 16.5. The molecule has 8 heteroatoms. The average Bonchev–Trinajstić information content (AvgIpc) is 3.01. The summed E-state index contributed by atoms with van der Waals surface area (Å²) in [6.07, 6.45) is 4.59. The molecule has 1 unspecified atom stereocenters. The molecule has 1 fully saturated rings. The number of benzene rings is 1. The van der Waals surface area contributed by atoms with E-state index >= 15 is 0 Å². The number of para-hydroxylation sites is 1. The molecule has 0 amide bonds. The lowest BCUT2D eigenvalue weighted by atomic mass is 10.2. The molecule has 4 rings (SSSR count). The van der Waals surface area contributed by atoms with Gasteiger partial charge in [-0.2, -0.15) is 9.97 Å². The Morgan fingerprint density at radius 2 is 2.12 bits per heavy atom. The lowest BCUT2D eigenvalue weighted by Gasteiger charge is -2.23. The molecule has 0 radical (unpaired) electrons. The van der Waals surface area contributed by atoms with Crippen LogP contribution in [0.3, 0.4) is 0 Å². The summed E-state index contributed by atoms with van der Waals surface area (Å²) in [5, 5.41) is 2.95. The van der Waals surface area contributed by atoms with Crippen molar-refractivity contribution in [2.24, 2.45) is 0 Å². The van der Waals surface area contributed by atoms with E-state index in [1.807, 2.05) is 4.57 Å². The van der Waals surface area contributed by atoms with Crippen molar-refractivity contribution in [3.63, 3.8) is 0 Å². The first kappa shape index (κ1) is 14.8. The van der Waals surface area contributed by atoms with Crippen LogP contribution in [-0.4, -0.2) is 26.1 Å². The van der Waals surface area contributed by atoms with Gasteiger partial charge >= 0.3 is 0 Å². The first-order valence-electron chi connectivity index (χ1n) is 7.85. The number of fused-ring (bicyclic) bond motifs is 1. The number of ether oxygens (including phenoxy) is 1. The number of aromatic nitrogens is 4. The third-order valence-corrected chi connectivity index (χ3v) is 4.03. The molecule has 24 heavy (non-hydrogen) atoms. The second kappa shape index (κ2) is 6.04. The van der Waals surface area contributed by atoms with Crippen LogP contribution < -0.4 is 11.1 Å². The zero-order valence-corrected chi connectivity index (χ0v) is 12.9. The van der Waals surface area contributed by atoms with Gasteiger partial charge in [0.1, 0.15) is 12.0 Å². The highest BCUT2D eigenvalue weighted by molar-refractivity contribution is 5.86. The van der Waals surface area contributed by atoms with Crippen molar-refractivity contribution >= 4 is 28.6 Å². The Bertz CT molecular complexity index is 874. The standard InChI is InChI=1S/C16H17FN6O/c17-10-5-1-2-6-11(10)20-14-13-15(22-16(18)21-14)23(9-19-13)12-7-3-4-8-24-12/h1-2,5-6,9,12H,3-4,7-8H2,(H3,18,20,21,22). The van der Waals surface area contributed by atoms with Crippen LogP contribution in [0.2, 0.25) is 0 Å².